The summed E-state index contributed by atoms with van der Waals surface area (Å²) in [5, 5.41) is 17.9. The second-order valence-corrected chi connectivity index (χ2v) is 6.97. The summed E-state index contributed by atoms with van der Waals surface area (Å²) in [6.45, 7) is 0.197. The van der Waals surface area contributed by atoms with Crippen molar-refractivity contribution in [1.29, 1.82) is 0 Å². The first-order valence-corrected chi connectivity index (χ1v) is 10.1. The minimum atomic E-state index is -0.540. The molecule has 168 valence electrons. The zero-order valence-electron chi connectivity index (χ0n) is 17.6. The average molecular weight is 446 g/mol. The number of carbonyl (C=O) groups is 2. The van der Waals surface area contributed by atoms with Gasteiger partial charge < -0.3 is 10.1 Å². The lowest BCUT2D eigenvalue weighted by Crippen LogP contribution is -2.20. The van der Waals surface area contributed by atoms with Crippen molar-refractivity contribution < 1.29 is 19.2 Å². The fourth-order valence-corrected chi connectivity index (χ4v) is 2.82. The number of anilines is 1. The standard InChI is InChI=1S/C24H22N4O5/c29-23(26-20-9-5-2-6-10-20)13-14-24(30)27-25-16-19-11-12-22(21(15-19)28(31)32)33-17-18-7-3-1-4-8-18/h1-12,15-16H,13-14,17H2,(H,26,29)(H,27,30). The highest BCUT2D eigenvalue weighted by Gasteiger charge is 2.16. The van der Waals surface area contributed by atoms with Crippen molar-refractivity contribution in [1.82, 2.24) is 5.43 Å². The number of nitro benzene ring substituents is 1. The number of ether oxygens (including phenoxy) is 1. The molecule has 0 fully saturated rings. The van der Waals surface area contributed by atoms with Crippen molar-refractivity contribution in [3.63, 3.8) is 0 Å². The zero-order valence-corrected chi connectivity index (χ0v) is 17.6. The summed E-state index contributed by atoms with van der Waals surface area (Å²) in [4.78, 5) is 34.7. The van der Waals surface area contributed by atoms with Gasteiger partial charge in [-0.25, -0.2) is 5.43 Å². The molecule has 9 heteroatoms. The van der Waals surface area contributed by atoms with Crippen LogP contribution < -0.4 is 15.5 Å². The third-order valence-corrected chi connectivity index (χ3v) is 4.46. The summed E-state index contributed by atoms with van der Waals surface area (Å²) >= 11 is 0. The van der Waals surface area contributed by atoms with E-state index in [1.807, 2.05) is 36.4 Å². The monoisotopic (exact) mass is 446 g/mol. The molecule has 0 bridgehead atoms. The molecule has 0 saturated heterocycles. The normalized spacial score (nSPS) is 10.5. The van der Waals surface area contributed by atoms with E-state index in [9.17, 15) is 19.7 Å². The van der Waals surface area contributed by atoms with Crippen molar-refractivity contribution in [3.8, 4) is 5.75 Å². The first-order valence-electron chi connectivity index (χ1n) is 10.1. The van der Waals surface area contributed by atoms with E-state index in [1.54, 1.807) is 30.3 Å². The molecule has 0 radical (unpaired) electrons. The molecule has 3 aromatic carbocycles. The number of nitro groups is 1. The van der Waals surface area contributed by atoms with Crippen LogP contribution in [0.3, 0.4) is 0 Å². The molecular weight excluding hydrogens is 424 g/mol. The Kier molecular flexibility index (Phi) is 8.24. The van der Waals surface area contributed by atoms with Gasteiger partial charge in [0.1, 0.15) is 6.61 Å². The molecule has 0 spiro atoms. The Morgan fingerprint density at radius 1 is 0.939 bits per heavy atom. The number of nitrogens with zero attached hydrogens (tertiary/aromatic N) is 2. The molecule has 9 nitrogen and oxygen atoms in total. The molecule has 2 N–H and O–H groups in total. The molecule has 0 aliphatic carbocycles. The van der Waals surface area contributed by atoms with E-state index < -0.39 is 10.8 Å². The quantitative estimate of drug-likeness (QED) is 0.276. The van der Waals surface area contributed by atoms with Crippen molar-refractivity contribution in [2.45, 2.75) is 19.4 Å². The fourth-order valence-electron chi connectivity index (χ4n) is 2.82. The third kappa shape index (κ3) is 7.59. The molecule has 0 saturated carbocycles. The van der Waals surface area contributed by atoms with Crippen LogP contribution in [0.1, 0.15) is 24.0 Å². The molecular formula is C24H22N4O5. The van der Waals surface area contributed by atoms with E-state index in [1.165, 1.54) is 18.3 Å². The lowest BCUT2D eigenvalue weighted by molar-refractivity contribution is -0.385. The van der Waals surface area contributed by atoms with Gasteiger partial charge in [0.05, 0.1) is 11.1 Å². The van der Waals surface area contributed by atoms with Crippen LogP contribution in [0.25, 0.3) is 0 Å². The molecule has 33 heavy (non-hydrogen) atoms. The highest BCUT2D eigenvalue weighted by molar-refractivity contribution is 5.93. The van der Waals surface area contributed by atoms with Gasteiger partial charge in [0.15, 0.2) is 5.75 Å². The molecule has 0 atom stereocenters. The Morgan fingerprint density at radius 3 is 2.30 bits per heavy atom. The highest BCUT2D eigenvalue weighted by Crippen LogP contribution is 2.28. The molecule has 2 amide bonds. The number of amides is 2. The topological polar surface area (TPSA) is 123 Å². The molecule has 0 aliphatic rings. The van der Waals surface area contributed by atoms with Crippen LogP contribution in [0.4, 0.5) is 11.4 Å². The predicted octanol–water partition coefficient (Wildman–Crippen LogP) is 4.04. The second kappa shape index (κ2) is 11.8. The van der Waals surface area contributed by atoms with Gasteiger partial charge in [0.25, 0.3) is 0 Å². The maximum absolute atomic E-state index is 11.9. The summed E-state index contributed by atoms with van der Waals surface area (Å²) in [7, 11) is 0. The van der Waals surface area contributed by atoms with Crippen LogP contribution in [0.15, 0.2) is 84.0 Å². The van der Waals surface area contributed by atoms with E-state index >= 15 is 0 Å². The molecule has 0 unspecified atom stereocenters. The summed E-state index contributed by atoms with van der Waals surface area (Å²) in [5.41, 5.74) is 4.05. The van der Waals surface area contributed by atoms with E-state index in [-0.39, 0.29) is 36.8 Å². The van der Waals surface area contributed by atoms with Crippen molar-refractivity contribution >= 4 is 29.4 Å². The summed E-state index contributed by atoms with van der Waals surface area (Å²) in [6, 6.07) is 22.6. The minimum Gasteiger partial charge on any atom is -0.482 e. The molecule has 0 aliphatic heterocycles. The lowest BCUT2D eigenvalue weighted by Gasteiger charge is -2.07. The number of nitrogens with one attached hydrogen (secondary N) is 2. The van der Waals surface area contributed by atoms with Gasteiger partial charge in [-0.15, -0.1) is 0 Å². The third-order valence-electron chi connectivity index (χ3n) is 4.46. The smallest absolute Gasteiger partial charge is 0.311 e. The van der Waals surface area contributed by atoms with Gasteiger partial charge in [0, 0.05) is 30.2 Å². The van der Waals surface area contributed by atoms with E-state index in [4.69, 9.17) is 4.74 Å². The van der Waals surface area contributed by atoms with Crippen LogP contribution in [0.2, 0.25) is 0 Å². The Labute approximate surface area is 190 Å². The number of benzene rings is 3. The van der Waals surface area contributed by atoms with Crippen LogP contribution in [0.5, 0.6) is 5.75 Å². The van der Waals surface area contributed by atoms with Crippen LogP contribution >= 0.6 is 0 Å². The number of hydrogen-bond donors (Lipinski definition) is 2. The maximum Gasteiger partial charge on any atom is 0.311 e. The molecule has 3 aromatic rings. The maximum atomic E-state index is 11.9. The zero-order chi connectivity index (χ0) is 23.5. The molecule has 0 heterocycles. The van der Waals surface area contributed by atoms with Gasteiger partial charge in [0.2, 0.25) is 11.8 Å². The highest BCUT2D eigenvalue weighted by atomic mass is 16.6. The average Bonchev–Trinajstić information content (AvgIpc) is 2.83. The molecule has 3 rings (SSSR count). The Bertz CT molecular complexity index is 1130. The fraction of sp³-hybridized carbons (Fsp3) is 0.125. The van der Waals surface area contributed by atoms with Crippen LogP contribution in [-0.4, -0.2) is 23.0 Å². The summed E-state index contributed by atoms with van der Waals surface area (Å²) in [5.74, 6) is -0.608. The first-order chi connectivity index (χ1) is 16.0. The van der Waals surface area contributed by atoms with E-state index in [0.717, 1.165) is 5.56 Å². The number of hydrogen-bond acceptors (Lipinski definition) is 6. The van der Waals surface area contributed by atoms with E-state index in [0.29, 0.717) is 11.3 Å². The SMILES string of the molecule is O=C(CCC(=O)Nc1ccccc1)NN=Cc1ccc(OCc2ccccc2)c([N+](=O)[O-])c1. The van der Waals surface area contributed by atoms with E-state index in [2.05, 4.69) is 15.8 Å². The van der Waals surface area contributed by atoms with Crippen LogP contribution in [-0.2, 0) is 16.2 Å². The van der Waals surface area contributed by atoms with Crippen LogP contribution in [0, 0.1) is 10.1 Å². The van der Waals surface area contributed by atoms with Gasteiger partial charge in [-0.05, 0) is 29.8 Å². The predicted molar refractivity (Wildman–Crippen MR) is 124 cm³/mol. The number of para-hydroxylation sites is 1. The lowest BCUT2D eigenvalue weighted by atomic mass is 10.2. The second-order valence-electron chi connectivity index (χ2n) is 6.97. The van der Waals surface area contributed by atoms with Gasteiger partial charge in [-0.2, -0.15) is 5.10 Å². The number of carbonyl (C=O) groups excluding carboxylic acids is 2. The molecule has 0 aromatic heterocycles. The van der Waals surface area contributed by atoms with Crippen molar-refractivity contribution in [3.05, 3.63) is 100 Å². The van der Waals surface area contributed by atoms with Crippen molar-refractivity contribution in [2.24, 2.45) is 5.10 Å². The first kappa shape index (κ1) is 23.1. The Hall–Kier alpha value is -4.53. The largest absolute Gasteiger partial charge is 0.482 e. The Balaban J connectivity index is 1.50. The minimum absolute atomic E-state index is 0.00479. The number of rotatable bonds is 10. The summed E-state index contributed by atoms with van der Waals surface area (Å²) < 4.78 is 5.59. The number of hydrazone groups is 1. The Morgan fingerprint density at radius 2 is 1.61 bits per heavy atom. The summed E-state index contributed by atoms with van der Waals surface area (Å²) in [6.07, 6.45) is 1.23. The van der Waals surface area contributed by atoms with Crippen molar-refractivity contribution in [2.75, 3.05) is 5.32 Å². The van der Waals surface area contributed by atoms with Gasteiger partial charge >= 0.3 is 5.69 Å². The van der Waals surface area contributed by atoms with Gasteiger partial charge in [-0.1, -0.05) is 48.5 Å². The van der Waals surface area contributed by atoms with Gasteiger partial charge in [-0.3, -0.25) is 19.7 Å².